The summed E-state index contributed by atoms with van der Waals surface area (Å²) in [5.41, 5.74) is -0.402. The zero-order valence-corrected chi connectivity index (χ0v) is 12.6. The summed E-state index contributed by atoms with van der Waals surface area (Å²) < 4.78 is 26.8. The van der Waals surface area contributed by atoms with Gasteiger partial charge in [-0.3, -0.25) is 0 Å². The van der Waals surface area contributed by atoms with Gasteiger partial charge in [-0.2, -0.15) is 4.31 Å². The number of benzene rings is 1. The van der Waals surface area contributed by atoms with Crippen molar-refractivity contribution in [3.05, 3.63) is 23.8 Å². The highest BCUT2D eigenvalue weighted by Crippen LogP contribution is 2.29. The lowest BCUT2D eigenvalue weighted by Crippen LogP contribution is -2.43. The van der Waals surface area contributed by atoms with Crippen LogP contribution in [0.1, 0.15) is 43.0 Å². The second kappa shape index (κ2) is 6.03. The third-order valence-electron chi connectivity index (χ3n) is 3.85. The lowest BCUT2D eigenvalue weighted by atomic mass is 10.0. The largest absolute Gasteiger partial charge is 0.507 e. The van der Waals surface area contributed by atoms with Crippen molar-refractivity contribution in [3.63, 3.8) is 0 Å². The first kappa shape index (κ1) is 15.8. The quantitative estimate of drug-likeness (QED) is 0.887. The molecule has 0 aliphatic carbocycles. The molecular formula is C14H19NO5S. The second-order valence-electron chi connectivity index (χ2n) is 5.16. The van der Waals surface area contributed by atoms with Crippen LogP contribution in [0.5, 0.6) is 5.75 Å². The highest BCUT2D eigenvalue weighted by Gasteiger charge is 2.33. The van der Waals surface area contributed by atoms with Gasteiger partial charge in [0.15, 0.2) is 0 Å². The standard InChI is InChI=1S/C14H19NO5S/c1-2-10-5-3-4-8-15(10)21(19,20)11-6-7-13(16)12(9-11)14(17)18/h6-7,9-10,16H,2-5,8H2,1H3,(H,17,18)/t10-/m0/s1. The second-order valence-corrected chi connectivity index (χ2v) is 7.05. The first-order valence-corrected chi connectivity index (χ1v) is 8.40. The molecule has 1 aromatic carbocycles. The van der Waals surface area contributed by atoms with Crippen LogP contribution < -0.4 is 0 Å². The van der Waals surface area contributed by atoms with E-state index in [1.807, 2.05) is 6.92 Å². The summed E-state index contributed by atoms with van der Waals surface area (Å²) in [7, 11) is -3.74. The zero-order valence-electron chi connectivity index (χ0n) is 11.8. The monoisotopic (exact) mass is 313 g/mol. The molecule has 6 nitrogen and oxygen atoms in total. The molecule has 21 heavy (non-hydrogen) atoms. The van der Waals surface area contributed by atoms with E-state index in [4.69, 9.17) is 5.11 Å². The number of hydrogen-bond acceptors (Lipinski definition) is 4. The molecule has 0 amide bonds. The molecule has 1 fully saturated rings. The topological polar surface area (TPSA) is 94.9 Å². The highest BCUT2D eigenvalue weighted by molar-refractivity contribution is 7.89. The maximum absolute atomic E-state index is 12.7. The fourth-order valence-electron chi connectivity index (χ4n) is 2.68. The molecule has 0 radical (unpaired) electrons. The zero-order chi connectivity index (χ0) is 15.6. The Bertz CT molecular complexity index is 641. The molecule has 0 unspecified atom stereocenters. The number of aromatic hydroxyl groups is 1. The molecule has 0 bridgehead atoms. The van der Waals surface area contributed by atoms with E-state index < -0.39 is 27.3 Å². The van der Waals surface area contributed by atoms with E-state index in [1.54, 1.807) is 0 Å². The Balaban J connectivity index is 2.43. The van der Waals surface area contributed by atoms with Crippen molar-refractivity contribution in [2.45, 2.75) is 43.5 Å². The lowest BCUT2D eigenvalue weighted by molar-refractivity contribution is 0.0693. The molecule has 0 aromatic heterocycles. The van der Waals surface area contributed by atoms with Crippen molar-refractivity contribution in [2.75, 3.05) is 6.54 Å². The van der Waals surface area contributed by atoms with Gasteiger partial charge >= 0.3 is 5.97 Å². The summed E-state index contributed by atoms with van der Waals surface area (Å²) in [5, 5.41) is 18.5. The molecule has 116 valence electrons. The number of carboxylic acid groups (broad SMARTS) is 1. The Morgan fingerprint density at radius 1 is 1.38 bits per heavy atom. The van der Waals surface area contributed by atoms with Gasteiger partial charge in [0.25, 0.3) is 0 Å². The molecule has 2 rings (SSSR count). The molecule has 1 aliphatic heterocycles. The Morgan fingerprint density at radius 3 is 2.71 bits per heavy atom. The summed E-state index contributed by atoms with van der Waals surface area (Å²) in [4.78, 5) is 10.9. The Hall–Kier alpha value is -1.60. The number of piperidine rings is 1. The van der Waals surface area contributed by atoms with Crippen LogP contribution in [-0.2, 0) is 10.0 Å². The van der Waals surface area contributed by atoms with Gasteiger partial charge in [0, 0.05) is 12.6 Å². The van der Waals surface area contributed by atoms with E-state index in [1.165, 1.54) is 10.4 Å². The fourth-order valence-corrected chi connectivity index (χ4v) is 4.47. The van der Waals surface area contributed by atoms with Crippen LogP contribution in [-0.4, -0.2) is 41.5 Å². The first-order valence-electron chi connectivity index (χ1n) is 6.96. The molecule has 1 atom stereocenters. The van der Waals surface area contributed by atoms with Gasteiger partial charge in [0.05, 0.1) is 4.90 Å². The molecule has 2 N–H and O–H groups in total. The van der Waals surface area contributed by atoms with Gasteiger partial charge in [0.2, 0.25) is 10.0 Å². The summed E-state index contributed by atoms with van der Waals surface area (Å²) in [6.45, 7) is 2.39. The van der Waals surface area contributed by atoms with Crippen LogP contribution in [0.4, 0.5) is 0 Å². The summed E-state index contributed by atoms with van der Waals surface area (Å²) in [5.74, 6) is -1.79. The van der Waals surface area contributed by atoms with Crippen LogP contribution in [0.15, 0.2) is 23.1 Å². The normalized spacial score (nSPS) is 20.3. The lowest BCUT2D eigenvalue weighted by Gasteiger charge is -2.34. The van der Waals surface area contributed by atoms with Gasteiger partial charge in [-0.25, -0.2) is 13.2 Å². The Labute approximate surface area is 124 Å². The van der Waals surface area contributed by atoms with Crippen LogP contribution in [0, 0.1) is 0 Å². The smallest absolute Gasteiger partial charge is 0.339 e. The molecule has 1 heterocycles. The van der Waals surface area contributed by atoms with Crippen molar-refractivity contribution < 1.29 is 23.4 Å². The minimum Gasteiger partial charge on any atom is -0.507 e. The van der Waals surface area contributed by atoms with E-state index in [0.717, 1.165) is 37.8 Å². The predicted molar refractivity (Wildman–Crippen MR) is 76.9 cm³/mol. The summed E-state index contributed by atoms with van der Waals surface area (Å²) in [6.07, 6.45) is 3.35. The van der Waals surface area contributed by atoms with Crippen molar-refractivity contribution in [1.82, 2.24) is 4.31 Å². The number of phenols is 1. The van der Waals surface area contributed by atoms with Gasteiger partial charge < -0.3 is 10.2 Å². The van der Waals surface area contributed by atoms with E-state index in [0.29, 0.717) is 6.54 Å². The number of hydrogen-bond donors (Lipinski definition) is 2. The minimum absolute atomic E-state index is 0.0502. The molecule has 1 saturated heterocycles. The number of rotatable bonds is 4. The molecule has 7 heteroatoms. The van der Waals surface area contributed by atoms with E-state index in [9.17, 15) is 18.3 Å². The van der Waals surface area contributed by atoms with Crippen LogP contribution in [0.3, 0.4) is 0 Å². The number of carboxylic acids is 1. The maximum atomic E-state index is 12.7. The number of sulfonamides is 1. The van der Waals surface area contributed by atoms with Crippen molar-refractivity contribution >= 4 is 16.0 Å². The average molecular weight is 313 g/mol. The van der Waals surface area contributed by atoms with Crippen molar-refractivity contribution in [1.29, 1.82) is 0 Å². The Morgan fingerprint density at radius 2 is 2.10 bits per heavy atom. The van der Waals surface area contributed by atoms with Crippen molar-refractivity contribution in [3.8, 4) is 5.75 Å². The third kappa shape index (κ3) is 3.03. The van der Waals surface area contributed by atoms with Gasteiger partial charge in [-0.1, -0.05) is 13.3 Å². The van der Waals surface area contributed by atoms with Gasteiger partial charge in [0.1, 0.15) is 11.3 Å². The summed E-state index contributed by atoms with van der Waals surface area (Å²) >= 11 is 0. The molecular weight excluding hydrogens is 294 g/mol. The van der Waals surface area contributed by atoms with Gasteiger partial charge in [-0.15, -0.1) is 0 Å². The van der Waals surface area contributed by atoms with E-state index >= 15 is 0 Å². The summed E-state index contributed by atoms with van der Waals surface area (Å²) in [6, 6.07) is 3.33. The van der Waals surface area contributed by atoms with E-state index in [-0.39, 0.29) is 10.9 Å². The molecule has 1 aliphatic rings. The van der Waals surface area contributed by atoms with Crippen molar-refractivity contribution in [2.24, 2.45) is 0 Å². The van der Waals surface area contributed by atoms with Crippen LogP contribution in [0.25, 0.3) is 0 Å². The van der Waals surface area contributed by atoms with Crippen LogP contribution >= 0.6 is 0 Å². The number of carbonyl (C=O) groups is 1. The molecule has 0 saturated carbocycles. The van der Waals surface area contributed by atoms with Crippen LogP contribution in [0.2, 0.25) is 0 Å². The number of nitrogens with zero attached hydrogens (tertiary/aromatic N) is 1. The average Bonchev–Trinajstić information content (AvgIpc) is 2.47. The van der Waals surface area contributed by atoms with E-state index in [2.05, 4.69) is 0 Å². The SMILES string of the molecule is CC[C@H]1CCCCN1S(=O)(=O)c1ccc(O)c(C(=O)O)c1. The number of aromatic carboxylic acids is 1. The molecule has 0 spiro atoms. The fraction of sp³-hybridized carbons (Fsp3) is 0.500. The molecule has 1 aromatic rings. The maximum Gasteiger partial charge on any atom is 0.339 e. The first-order chi connectivity index (χ1) is 9.87. The third-order valence-corrected chi connectivity index (χ3v) is 5.80. The minimum atomic E-state index is -3.74. The van der Waals surface area contributed by atoms with Gasteiger partial charge in [-0.05, 0) is 37.5 Å². The predicted octanol–water partition coefficient (Wildman–Crippen LogP) is 2.04. The highest BCUT2D eigenvalue weighted by atomic mass is 32.2. The Kier molecular flexibility index (Phi) is 4.53.